The standard InChI is InChI=1S/C12H11ClF3N5O/c13-8-3-7(12(14,15)16)4-17-11(8)19-9-5-22-6-10(9)21-2-1-18-20-21/h1-4,9-10H,5-6H2,(H,17,19)/t9-,10+/m0/s1. The minimum Gasteiger partial charge on any atom is -0.377 e. The molecule has 3 rings (SSSR count). The van der Waals surface area contributed by atoms with Gasteiger partial charge in [-0.3, -0.25) is 0 Å². The predicted molar refractivity (Wildman–Crippen MR) is 71.5 cm³/mol. The number of ether oxygens (including phenoxy) is 1. The molecule has 2 atom stereocenters. The Hall–Kier alpha value is -1.87. The van der Waals surface area contributed by atoms with Crippen LogP contribution in [-0.2, 0) is 10.9 Å². The monoisotopic (exact) mass is 333 g/mol. The SMILES string of the molecule is FC(F)(F)c1cnc(N[C@H]2COC[C@H]2n2ccnn2)c(Cl)c1. The fourth-order valence-corrected chi connectivity index (χ4v) is 2.43. The number of anilines is 1. The van der Waals surface area contributed by atoms with Gasteiger partial charge in [0.25, 0.3) is 0 Å². The summed E-state index contributed by atoms with van der Waals surface area (Å²) in [7, 11) is 0. The van der Waals surface area contributed by atoms with Gasteiger partial charge in [0.1, 0.15) is 5.82 Å². The Kier molecular flexibility index (Phi) is 3.92. The highest BCUT2D eigenvalue weighted by Crippen LogP contribution is 2.33. The van der Waals surface area contributed by atoms with Gasteiger partial charge in [-0.25, -0.2) is 9.67 Å². The first-order valence-electron chi connectivity index (χ1n) is 6.38. The Morgan fingerprint density at radius 1 is 1.36 bits per heavy atom. The molecular weight excluding hydrogens is 323 g/mol. The number of hydrogen-bond donors (Lipinski definition) is 1. The Morgan fingerprint density at radius 3 is 2.82 bits per heavy atom. The van der Waals surface area contributed by atoms with Crippen molar-refractivity contribution in [3.8, 4) is 0 Å². The average molecular weight is 334 g/mol. The highest BCUT2D eigenvalue weighted by Gasteiger charge is 2.33. The molecule has 1 saturated heterocycles. The maximum atomic E-state index is 12.6. The Labute approximate surface area is 128 Å². The van der Waals surface area contributed by atoms with Gasteiger partial charge in [-0.2, -0.15) is 13.2 Å². The van der Waals surface area contributed by atoms with Crippen LogP contribution in [0.25, 0.3) is 0 Å². The summed E-state index contributed by atoms with van der Waals surface area (Å²) in [6, 6.07) is 0.489. The van der Waals surface area contributed by atoms with Crippen molar-refractivity contribution in [1.29, 1.82) is 0 Å². The molecule has 10 heteroatoms. The summed E-state index contributed by atoms with van der Waals surface area (Å²) >= 11 is 5.89. The topological polar surface area (TPSA) is 64.9 Å². The Morgan fingerprint density at radius 2 is 2.18 bits per heavy atom. The van der Waals surface area contributed by atoms with Crippen molar-refractivity contribution >= 4 is 17.4 Å². The number of alkyl halides is 3. The van der Waals surface area contributed by atoms with E-state index in [4.69, 9.17) is 16.3 Å². The van der Waals surface area contributed by atoms with Crippen LogP contribution in [-0.4, -0.2) is 39.2 Å². The van der Waals surface area contributed by atoms with E-state index in [0.29, 0.717) is 13.2 Å². The molecule has 1 aliphatic rings. The second-order valence-electron chi connectivity index (χ2n) is 4.79. The molecule has 3 heterocycles. The summed E-state index contributed by atoms with van der Waals surface area (Å²) in [6.45, 7) is 0.781. The first kappa shape index (κ1) is 15.0. The molecule has 118 valence electrons. The second kappa shape index (κ2) is 5.73. The Bertz CT molecular complexity index is 649. The van der Waals surface area contributed by atoms with Crippen LogP contribution >= 0.6 is 11.6 Å². The van der Waals surface area contributed by atoms with E-state index in [9.17, 15) is 13.2 Å². The number of nitrogens with one attached hydrogen (secondary N) is 1. The Balaban J connectivity index is 1.78. The third-order valence-electron chi connectivity index (χ3n) is 3.32. The molecule has 0 spiro atoms. The van der Waals surface area contributed by atoms with E-state index >= 15 is 0 Å². The third-order valence-corrected chi connectivity index (χ3v) is 3.61. The lowest BCUT2D eigenvalue weighted by Gasteiger charge is -2.20. The number of pyridine rings is 1. The number of nitrogens with zero attached hydrogens (tertiary/aromatic N) is 4. The van der Waals surface area contributed by atoms with Crippen LogP contribution in [0.2, 0.25) is 5.02 Å². The van der Waals surface area contributed by atoms with Crippen molar-refractivity contribution in [3.05, 3.63) is 35.2 Å². The fourth-order valence-electron chi connectivity index (χ4n) is 2.21. The van der Waals surface area contributed by atoms with Crippen molar-refractivity contribution in [1.82, 2.24) is 20.0 Å². The molecule has 2 aromatic heterocycles. The van der Waals surface area contributed by atoms with Crippen LogP contribution < -0.4 is 5.32 Å². The fraction of sp³-hybridized carbons (Fsp3) is 0.417. The highest BCUT2D eigenvalue weighted by molar-refractivity contribution is 6.33. The zero-order valence-electron chi connectivity index (χ0n) is 11.1. The van der Waals surface area contributed by atoms with Gasteiger partial charge in [0.2, 0.25) is 0 Å². The largest absolute Gasteiger partial charge is 0.417 e. The number of halogens is 4. The normalized spacial score (nSPS) is 22.0. The summed E-state index contributed by atoms with van der Waals surface area (Å²) < 4.78 is 44.8. The van der Waals surface area contributed by atoms with Gasteiger partial charge in [-0.1, -0.05) is 16.8 Å². The van der Waals surface area contributed by atoms with E-state index in [1.54, 1.807) is 17.1 Å². The molecule has 22 heavy (non-hydrogen) atoms. The molecule has 6 nitrogen and oxygen atoms in total. The molecular formula is C12H11ClF3N5O. The van der Waals surface area contributed by atoms with E-state index in [0.717, 1.165) is 12.3 Å². The van der Waals surface area contributed by atoms with E-state index in [-0.39, 0.29) is 22.9 Å². The highest BCUT2D eigenvalue weighted by atomic mass is 35.5. The minimum absolute atomic E-state index is 0.0981. The first-order valence-corrected chi connectivity index (χ1v) is 6.76. The van der Waals surface area contributed by atoms with Gasteiger partial charge in [0.15, 0.2) is 0 Å². The molecule has 0 aromatic carbocycles. The lowest BCUT2D eigenvalue weighted by atomic mass is 10.1. The van der Waals surface area contributed by atoms with E-state index in [2.05, 4.69) is 20.6 Å². The van der Waals surface area contributed by atoms with Gasteiger partial charge in [-0.05, 0) is 6.07 Å². The molecule has 0 radical (unpaired) electrons. The molecule has 0 aliphatic carbocycles. The summed E-state index contributed by atoms with van der Waals surface area (Å²) in [5.41, 5.74) is -0.890. The lowest BCUT2D eigenvalue weighted by molar-refractivity contribution is -0.137. The molecule has 1 N–H and O–H groups in total. The van der Waals surface area contributed by atoms with Crippen molar-refractivity contribution in [3.63, 3.8) is 0 Å². The van der Waals surface area contributed by atoms with Gasteiger partial charge in [-0.15, -0.1) is 5.10 Å². The first-order chi connectivity index (χ1) is 10.4. The predicted octanol–water partition coefficient (Wildman–Crippen LogP) is 2.40. The summed E-state index contributed by atoms with van der Waals surface area (Å²) in [5, 5.41) is 10.5. The molecule has 0 saturated carbocycles. The van der Waals surface area contributed by atoms with E-state index in [1.807, 2.05) is 0 Å². The number of aromatic nitrogens is 4. The average Bonchev–Trinajstić information content (AvgIpc) is 3.10. The quantitative estimate of drug-likeness (QED) is 0.934. The van der Waals surface area contributed by atoms with E-state index in [1.165, 1.54) is 0 Å². The number of hydrogen-bond acceptors (Lipinski definition) is 5. The van der Waals surface area contributed by atoms with Gasteiger partial charge in [0, 0.05) is 12.4 Å². The van der Waals surface area contributed by atoms with Crippen LogP contribution in [0.4, 0.5) is 19.0 Å². The zero-order chi connectivity index (χ0) is 15.7. The van der Waals surface area contributed by atoms with Crippen LogP contribution in [0.3, 0.4) is 0 Å². The molecule has 1 aliphatic heterocycles. The van der Waals surface area contributed by atoms with Crippen molar-refractivity contribution in [2.24, 2.45) is 0 Å². The van der Waals surface area contributed by atoms with Crippen LogP contribution in [0.1, 0.15) is 11.6 Å². The van der Waals surface area contributed by atoms with Crippen LogP contribution in [0.15, 0.2) is 24.7 Å². The van der Waals surface area contributed by atoms with Gasteiger partial charge < -0.3 is 10.1 Å². The van der Waals surface area contributed by atoms with Gasteiger partial charge >= 0.3 is 6.18 Å². The maximum Gasteiger partial charge on any atom is 0.417 e. The van der Waals surface area contributed by atoms with Crippen molar-refractivity contribution in [2.75, 3.05) is 18.5 Å². The van der Waals surface area contributed by atoms with Crippen LogP contribution in [0.5, 0.6) is 0 Å². The second-order valence-corrected chi connectivity index (χ2v) is 5.20. The molecule has 0 amide bonds. The molecule has 2 aromatic rings. The van der Waals surface area contributed by atoms with Crippen LogP contribution in [0, 0.1) is 0 Å². The van der Waals surface area contributed by atoms with E-state index < -0.39 is 11.7 Å². The molecule has 0 unspecified atom stereocenters. The van der Waals surface area contributed by atoms with Crippen molar-refractivity contribution < 1.29 is 17.9 Å². The maximum absolute atomic E-state index is 12.6. The summed E-state index contributed by atoms with van der Waals surface area (Å²) in [5.74, 6) is 0.176. The molecule has 1 fully saturated rings. The smallest absolute Gasteiger partial charge is 0.377 e. The zero-order valence-corrected chi connectivity index (χ0v) is 11.8. The van der Waals surface area contributed by atoms with Gasteiger partial charge in [0.05, 0.1) is 42.1 Å². The molecule has 0 bridgehead atoms. The number of rotatable bonds is 3. The third kappa shape index (κ3) is 3.00. The summed E-state index contributed by atoms with van der Waals surface area (Å²) in [6.07, 6.45) is -0.502. The minimum atomic E-state index is -4.48. The summed E-state index contributed by atoms with van der Waals surface area (Å²) in [4.78, 5) is 3.76. The lowest BCUT2D eigenvalue weighted by Crippen LogP contribution is -2.31. The van der Waals surface area contributed by atoms with Crippen molar-refractivity contribution in [2.45, 2.75) is 18.3 Å².